The molecule has 1 fully saturated rings. The Morgan fingerprint density at radius 2 is 2.07 bits per heavy atom. The van der Waals surface area contributed by atoms with E-state index >= 15 is 0 Å². The van der Waals surface area contributed by atoms with Crippen LogP contribution in [0.15, 0.2) is 47.6 Å². The molecule has 2 N–H and O–H groups in total. The molecule has 29 heavy (non-hydrogen) atoms. The van der Waals surface area contributed by atoms with Crippen LogP contribution in [0.1, 0.15) is 5.56 Å². The Bertz CT molecular complexity index is 770. The van der Waals surface area contributed by atoms with E-state index in [0.29, 0.717) is 18.2 Å². The van der Waals surface area contributed by atoms with Gasteiger partial charge in [-0.15, -0.1) is 24.0 Å². The van der Waals surface area contributed by atoms with E-state index in [4.69, 9.17) is 9.47 Å². The van der Waals surface area contributed by atoms with Crippen LogP contribution in [0.3, 0.4) is 0 Å². The van der Waals surface area contributed by atoms with Crippen molar-refractivity contribution in [2.75, 3.05) is 46.4 Å². The van der Waals surface area contributed by atoms with E-state index < -0.39 is 0 Å². The van der Waals surface area contributed by atoms with E-state index in [9.17, 15) is 4.39 Å². The zero-order chi connectivity index (χ0) is 19.6. The van der Waals surface area contributed by atoms with E-state index in [0.717, 1.165) is 50.9 Å². The summed E-state index contributed by atoms with van der Waals surface area (Å²) in [5.74, 6) is 1.24. The number of pyridine rings is 1. The molecule has 2 aromatic rings. The molecule has 0 bridgehead atoms. The lowest BCUT2D eigenvalue weighted by Crippen LogP contribution is -2.44. The topological polar surface area (TPSA) is 71.0 Å². The minimum absolute atomic E-state index is 0. The summed E-state index contributed by atoms with van der Waals surface area (Å²) in [5, 5.41) is 6.58. The molecule has 1 aromatic carbocycles. The SMILES string of the molecule is CN=C(NCCN1CCOCC1)NCc1ccc(Oc2cccc(F)c2)nc1.I. The molecule has 0 atom stereocenters. The Morgan fingerprint density at radius 1 is 1.24 bits per heavy atom. The van der Waals surface area contributed by atoms with Gasteiger partial charge in [-0.25, -0.2) is 9.37 Å². The summed E-state index contributed by atoms with van der Waals surface area (Å²) >= 11 is 0. The lowest BCUT2D eigenvalue weighted by Gasteiger charge is -2.26. The molecule has 158 valence electrons. The van der Waals surface area contributed by atoms with Crippen molar-refractivity contribution >= 4 is 29.9 Å². The van der Waals surface area contributed by atoms with Gasteiger partial charge in [-0.2, -0.15) is 0 Å². The second-order valence-electron chi connectivity index (χ2n) is 6.37. The second kappa shape index (κ2) is 12.6. The molecule has 1 aliphatic rings. The zero-order valence-corrected chi connectivity index (χ0v) is 18.8. The Balaban J connectivity index is 0.00000300. The predicted octanol–water partition coefficient (Wildman–Crippen LogP) is 2.63. The molecule has 0 radical (unpaired) electrons. The van der Waals surface area contributed by atoms with Crippen LogP contribution in [0.2, 0.25) is 0 Å². The maximum atomic E-state index is 13.2. The molecule has 1 aromatic heterocycles. The fourth-order valence-corrected chi connectivity index (χ4v) is 2.79. The van der Waals surface area contributed by atoms with Crippen molar-refractivity contribution in [1.29, 1.82) is 0 Å². The third-order valence-electron chi connectivity index (χ3n) is 4.32. The summed E-state index contributed by atoms with van der Waals surface area (Å²) < 4.78 is 24.1. The molecule has 0 unspecified atom stereocenters. The standard InChI is InChI=1S/C20H26FN5O2.HI/c1-22-20(23-7-8-26-9-11-27-12-10-26)25-15-16-5-6-19(24-14-16)28-18-4-2-3-17(21)13-18;/h2-6,13-14H,7-12,15H2,1H3,(H2,22,23,25);1H. The number of guanidine groups is 1. The Hall–Kier alpha value is -1.98. The highest BCUT2D eigenvalue weighted by molar-refractivity contribution is 14.0. The Kier molecular flexibility index (Phi) is 10.1. The lowest BCUT2D eigenvalue weighted by atomic mass is 10.3. The number of hydrogen-bond acceptors (Lipinski definition) is 5. The van der Waals surface area contributed by atoms with E-state index in [2.05, 4.69) is 25.5 Å². The largest absolute Gasteiger partial charge is 0.439 e. The lowest BCUT2D eigenvalue weighted by molar-refractivity contribution is 0.0389. The van der Waals surface area contributed by atoms with Gasteiger partial charge in [-0.05, 0) is 17.7 Å². The summed E-state index contributed by atoms with van der Waals surface area (Å²) in [4.78, 5) is 10.9. The molecular weight excluding hydrogens is 488 g/mol. The number of aromatic nitrogens is 1. The van der Waals surface area contributed by atoms with Gasteiger partial charge >= 0.3 is 0 Å². The molecule has 0 saturated carbocycles. The minimum Gasteiger partial charge on any atom is -0.439 e. The van der Waals surface area contributed by atoms with Crippen molar-refractivity contribution in [2.24, 2.45) is 4.99 Å². The first-order chi connectivity index (χ1) is 13.7. The van der Waals surface area contributed by atoms with Gasteiger partial charge in [0.2, 0.25) is 5.88 Å². The summed E-state index contributed by atoms with van der Waals surface area (Å²) in [5.41, 5.74) is 0.989. The highest BCUT2D eigenvalue weighted by Gasteiger charge is 2.09. The average Bonchev–Trinajstić information content (AvgIpc) is 2.72. The molecular formula is C20H27FIN5O2. The number of aliphatic imine (C=N–C) groups is 1. The molecule has 0 aliphatic carbocycles. The third kappa shape index (κ3) is 8.11. The van der Waals surface area contributed by atoms with Crippen molar-refractivity contribution in [2.45, 2.75) is 6.54 Å². The summed E-state index contributed by atoms with van der Waals surface area (Å²) in [6.07, 6.45) is 1.72. The number of hydrogen-bond donors (Lipinski definition) is 2. The number of nitrogens with one attached hydrogen (secondary N) is 2. The van der Waals surface area contributed by atoms with Gasteiger partial charge in [-0.1, -0.05) is 12.1 Å². The molecule has 0 spiro atoms. The maximum absolute atomic E-state index is 13.2. The normalized spacial score (nSPS) is 14.8. The fourth-order valence-electron chi connectivity index (χ4n) is 2.79. The van der Waals surface area contributed by atoms with Gasteiger partial charge in [0.1, 0.15) is 11.6 Å². The third-order valence-corrected chi connectivity index (χ3v) is 4.32. The summed E-state index contributed by atoms with van der Waals surface area (Å²) in [6, 6.07) is 9.65. The van der Waals surface area contributed by atoms with Crippen LogP contribution in [0.5, 0.6) is 11.6 Å². The summed E-state index contributed by atoms with van der Waals surface area (Å²) in [6.45, 7) is 5.92. The van der Waals surface area contributed by atoms with Crippen molar-refractivity contribution in [3.8, 4) is 11.6 Å². The molecule has 1 saturated heterocycles. The molecule has 2 heterocycles. The van der Waals surface area contributed by atoms with Crippen molar-refractivity contribution in [1.82, 2.24) is 20.5 Å². The van der Waals surface area contributed by atoms with Gasteiger partial charge in [0.25, 0.3) is 0 Å². The quantitative estimate of drug-likeness (QED) is 0.336. The second-order valence-corrected chi connectivity index (χ2v) is 6.37. The van der Waals surface area contributed by atoms with Crippen LogP contribution in [0, 0.1) is 5.82 Å². The molecule has 1 aliphatic heterocycles. The minimum atomic E-state index is -0.342. The molecule has 0 amide bonds. The first-order valence-electron chi connectivity index (χ1n) is 9.36. The van der Waals surface area contributed by atoms with Crippen LogP contribution in [-0.2, 0) is 11.3 Å². The Labute approximate surface area is 187 Å². The smallest absolute Gasteiger partial charge is 0.219 e. The van der Waals surface area contributed by atoms with Crippen LogP contribution in [0.25, 0.3) is 0 Å². The first kappa shape index (κ1) is 23.3. The van der Waals surface area contributed by atoms with Crippen LogP contribution >= 0.6 is 24.0 Å². The van der Waals surface area contributed by atoms with Gasteiger partial charge in [0.05, 0.1) is 13.2 Å². The van der Waals surface area contributed by atoms with E-state index in [-0.39, 0.29) is 29.8 Å². The monoisotopic (exact) mass is 515 g/mol. The van der Waals surface area contributed by atoms with Crippen molar-refractivity contribution in [3.05, 3.63) is 54.0 Å². The highest BCUT2D eigenvalue weighted by atomic mass is 127. The van der Waals surface area contributed by atoms with Gasteiger partial charge in [0, 0.05) is 58.1 Å². The zero-order valence-electron chi connectivity index (χ0n) is 16.4. The van der Waals surface area contributed by atoms with Crippen LogP contribution in [0.4, 0.5) is 4.39 Å². The van der Waals surface area contributed by atoms with Gasteiger partial charge < -0.3 is 20.1 Å². The number of halogens is 2. The van der Waals surface area contributed by atoms with Crippen molar-refractivity contribution in [3.63, 3.8) is 0 Å². The van der Waals surface area contributed by atoms with E-state index in [1.807, 2.05) is 6.07 Å². The highest BCUT2D eigenvalue weighted by Crippen LogP contribution is 2.19. The Morgan fingerprint density at radius 3 is 2.76 bits per heavy atom. The average molecular weight is 515 g/mol. The van der Waals surface area contributed by atoms with E-state index in [1.165, 1.54) is 12.1 Å². The molecule has 9 heteroatoms. The number of nitrogens with zero attached hydrogens (tertiary/aromatic N) is 3. The number of rotatable bonds is 7. The fraction of sp³-hybridized carbons (Fsp3) is 0.400. The number of morpholine rings is 1. The molecule has 3 rings (SSSR count). The predicted molar refractivity (Wildman–Crippen MR) is 122 cm³/mol. The van der Waals surface area contributed by atoms with Gasteiger partial charge in [-0.3, -0.25) is 9.89 Å². The van der Waals surface area contributed by atoms with Crippen LogP contribution < -0.4 is 15.4 Å². The maximum Gasteiger partial charge on any atom is 0.219 e. The van der Waals surface area contributed by atoms with E-state index in [1.54, 1.807) is 31.4 Å². The first-order valence-corrected chi connectivity index (χ1v) is 9.36. The van der Waals surface area contributed by atoms with Gasteiger partial charge in [0.15, 0.2) is 5.96 Å². The molecule has 7 nitrogen and oxygen atoms in total. The van der Waals surface area contributed by atoms with Crippen LogP contribution in [-0.4, -0.2) is 62.3 Å². The number of benzene rings is 1. The van der Waals surface area contributed by atoms with Crippen molar-refractivity contribution < 1.29 is 13.9 Å². The number of ether oxygens (including phenoxy) is 2. The summed E-state index contributed by atoms with van der Waals surface area (Å²) in [7, 11) is 1.75.